The van der Waals surface area contributed by atoms with Gasteiger partial charge >= 0.3 is 5.97 Å². The molecule has 5 rings (SSSR count). The van der Waals surface area contributed by atoms with Crippen molar-refractivity contribution < 1.29 is 9.53 Å². The summed E-state index contributed by atoms with van der Waals surface area (Å²) in [6.45, 7) is 5.35. The van der Waals surface area contributed by atoms with E-state index in [0.29, 0.717) is 23.9 Å². The highest BCUT2D eigenvalue weighted by molar-refractivity contribution is 7.80. The van der Waals surface area contributed by atoms with Gasteiger partial charge in [-0.3, -0.25) is 5.43 Å². The second-order valence-electron chi connectivity index (χ2n) is 10.2. The SMILES string of the molecule is C[C@]12CC[C@H]3[C@H](CC[C@@H]4C/C(=N/NC(N)=S)CC[C@@]43C)C1=CC=C2C1=CC(=O)OC1. The zero-order chi connectivity index (χ0) is 21.1. The van der Waals surface area contributed by atoms with Crippen molar-refractivity contribution in [3.05, 3.63) is 34.9 Å². The van der Waals surface area contributed by atoms with Gasteiger partial charge < -0.3 is 10.5 Å². The molecule has 3 saturated carbocycles. The summed E-state index contributed by atoms with van der Waals surface area (Å²) in [6, 6.07) is 0. The van der Waals surface area contributed by atoms with Crippen LogP contribution in [0.3, 0.4) is 0 Å². The Hall–Kier alpha value is -1.95. The summed E-state index contributed by atoms with van der Waals surface area (Å²) in [5.41, 5.74) is 14.0. The molecule has 6 heteroatoms. The van der Waals surface area contributed by atoms with Crippen LogP contribution in [-0.2, 0) is 9.53 Å². The Morgan fingerprint density at radius 2 is 2.10 bits per heavy atom. The maximum atomic E-state index is 11.6. The predicted molar refractivity (Wildman–Crippen MR) is 122 cm³/mol. The largest absolute Gasteiger partial charge is 0.458 e. The third-order valence-corrected chi connectivity index (χ3v) is 8.97. The van der Waals surface area contributed by atoms with E-state index in [0.717, 1.165) is 30.8 Å². The number of hydrazone groups is 1. The van der Waals surface area contributed by atoms with Crippen LogP contribution in [0, 0.1) is 28.6 Å². The minimum Gasteiger partial charge on any atom is -0.458 e. The van der Waals surface area contributed by atoms with Gasteiger partial charge in [0.25, 0.3) is 0 Å². The monoisotopic (exact) mass is 425 g/mol. The molecule has 3 fully saturated rings. The number of rotatable bonds is 2. The molecule has 0 saturated heterocycles. The number of ether oxygens (including phenoxy) is 1. The number of nitrogens with two attached hydrogens (primary N) is 1. The lowest BCUT2D eigenvalue weighted by Crippen LogP contribution is -2.51. The molecule has 0 aromatic carbocycles. The van der Waals surface area contributed by atoms with Crippen molar-refractivity contribution in [1.29, 1.82) is 0 Å². The van der Waals surface area contributed by atoms with E-state index in [1.165, 1.54) is 37.0 Å². The number of thiocarbonyl (C=S) groups is 1. The molecule has 5 atom stereocenters. The molecule has 3 N–H and O–H groups in total. The van der Waals surface area contributed by atoms with E-state index < -0.39 is 0 Å². The normalized spacial score (nSPS) is 41.1. The maximum Gasteiger partial charge on any atom is 0.331 e. The van der Waals surface area contributed by atoms with Crippen LogP contribution >= 0.6 is 12.2 Å². The molecule has 1 aliphatic heterocycles. The molecule has 0 unspecified atom stereocenters. The number of nitrogens with zero attached hydrogens (tertiary/aromatic N) is 1. The van der Waals surface area contributed by atoms with Crippen LogP contribution in [0.15, 0.2) is 40.0 Å². The number of nitrogens with one attached hydrogen (secondary N) is 1. The summed E-state index contributed by atoms with van der Waals surface area (Å²) in [4.78, 5) is 11.6. The van der Waals surface area contributed by atoms with Gasteiger partial charge in [0.1, 0.15) is 6.61 Å². The van der Waals surface area contributed by atoms with Crippen molar-refractivity contribution in [3.63, 3.8) is 0 Å². The third kappa shape index (κ3) is 2.98. The van der Waals surface area contributed by atoms with Gasteiger partial charge in [0.05, 0.1) is 0 Å². The van der Waals surface area contributed by atoms with Gasteiger partial charge in [0.2, 0.25) is 0 Å². The Morgan fingerprint density at radius 3 is 2.83 bits per heavy atom. The highest BCUT2D eigenvalue weighted by Gasteiger charge is 2.56. The molecule has 1 heterocycles. The van der Waals surface area contributed by atoms with Gasteiger partial charge in [-0.15, -0.1) is 0 Å². The van der Waals surface area contributed by atoms with Gasteiger partial charge in [-0.2, -0.15) is 5.10 Å². The number of fused-ring (bicyclic) bond motifs is 5. The lowest BCUT2D eigenvalue weighted by molar-refractivity contribution is -0.134. The molecule has 160 valence electrons. The Morgan fingerprint density at radius 1 is 1.27 bits per heavy atom. The molecule has 0 spiro atoms. The molecule has 0 radical (unpaired) electrons. The predicted octanol–water partition coefficient (Wildman–Crippen LogP) is 4.16. The van der Waals surface area contributed by atoms with E-state index in [4.69, 9.17) is 22.7 Å². The second-order valence-corrected chi connectivity index (χ2v) is 10.6. The number of esters is 1. The molecule has 5 nitrogen and oxygen atoms in total. The minimum absolute atomic E-state index is 0.0617. The van der Waals surface area contributed by atoms with Crippen LogP contribution < -0.4 is 11.2 Å². The van der Waals surface area contributed by atoms with Crippen molar-refractivity contribution >= 4 is 29.0 Å². The number of cyclic esters (lactones) is 1. The first kappa shape index (κ1) is 20.0. The summed E-state index contributed by atoms with van der Waals surface area (Å²) >= 11 is 4.90. The molecule has 0 aromatic heterocycles. The van der Waals surface area contributed by atoms with E-state index in [2.05, 4.69) is 36.5 Å². The van der Waals surface area contributed by atoms with Crippen molar-refractivity contribution in [1.82, 2.24) is 5.43 Å². The van der Waals surface area contributed by atoms with E-state index in [1.807, 2.05) is 0 Å². The standard InChI is InChI=1S/C24H31N3O2S/c1-23-9-7-16(26-27-22(25)30)12-15(23)3-4-17-19-6-5-18(14-11-21(28)29-13-14)24(19,2)10-8-20(17)23/h5-6,11,15,17,20H,3-4,7-10,12-13H2,1-2H3,(H3,25,27,30)/b26-16+/t15-,17-,20+,23+,24-/m1/s1. The molecule has 5 aliphatic rings. The van der Waals surface area contributed by atoms with Crippen LogP contribution in [0.2, 0.25) is 0 Å². The zero-order valence-electron chi connectivity index (χ0n) is 17.9. The quantitative estimate of drug-likeness (QED) is 0.395. The molecule has 30 heavy (non-hydrogen) atoms. The number of hydrogen-bond acceptors (Lipinski definition) is 4. The summed E-state index contributed by atoms with van der Waals surface area (Å²) in [7, 11) is 0. The van der Waals surface area contributed by atoms with Crippen LogP contribution in [0.5, 0.6) is 0 Å². The van der Waals surface area contributed by atoms with Crippen LogP contribution in [-0.4, -0.2) is 23.4 Å². The fraction of sp³-hybridized carbons (Fsp3) is 0.625. The van der Waals surface area contributed by atoms with Gasteiger partial charge in [0, 0.05) is 22.8 Å². The molecule has 0 aromatic rings. The summed E-state index contributed by atoms with van der Waals surface area (Å²) < 4.78 is 5.21. The fourth-order valence-electron chi connectivity index (χ4n) is 7.28. The number of carbonyl (C=O) groups excluding carboxylic acids is 1. The summed E-state index contributed by atoms with van der Waals surface area (Å²) in [5.74, 6) is 1.85. The van der Waals surface area contributed by atoms with Crippen LogP contribution in [0.1, 0.15) is 58.8 Å². The first-order chi connectivity index (χ1) is 14.3. The zero-order valence-corrected chi connectivity index (χ0v) is 18.7. The summed E-state index contributed by atoms with van der Waals surface area (Å²) in [6.07, 6.45) is 14.5. The topological polar surface area (TPSA) is 76.7 Å². The van der Waals surface area contributed by atoms with E-state index >= 15 is 0 Å². The highest BCUT2D eigenvalue weighted by Crippen LogP contribution is 2.65. The van der Waals surface area contributed by atoms with E-state index in [9.17, 15) is 4.79 Å². The number of allylic oxidation sites excluding steroid dienone is 3. The second kappa shape index (κ2) is 7.04. The van der Waals surface area contributed by atoms with Crippen molar-refractivity contribution in [3.8, 4) is 0 Å². The molecule has 0 bridgehead atoms. The fourth-order valence-corrected chi connectivity index (χ4v) is 7.33. The first-order valence-electron chi connectivity index (χ1n) is 11.2. The average molecular weight is 426 g/mol. The lowest BCUT2D eigenvalue weighted by Gasteiger charge is -2.58. The molecular formula is C24H31N3O2S. The average Bonchev–Trinajstić information content (AvgIpc) is 3.28. The Bertz CT molecular complexity index is 933. The highest BCUT2D eigenvalue weighted by atomic mass is 32.1. The third-order valence-electron chi connectivity index (χ3n) is 8.87. The summed E-state index contributed by atoms with van der Waals surface area (Å²) in [5, 5.41) is 4.71. The van der Waals surface area contributed by atoms with E-state index in [-0.39, 0.29) is 16.5 Å². The minimum atomic E-state index is -0.200. The molecule has 4 aliphatic carbocycles. The molecule has 0 amide bonds. The van der Waals surface area contributed by atoms with Crippen LogP contribution in [0.4, 0.5) is 0 Å². The van der Waals surface area contributed by atoms with Gasteiger partial charge in [-0.25, -0.2) is 4.79 Å². The number of carbonyl (C=O) groups is 1. The van der Waals surface area contributed by atoms with Crippen molar-refractivity contribution in [2.75, 3.05) is 6.61 Å². The van der Waals surface area contributed by atoms with Gasteiger partial charge in [-0.05, 0) is 85.9 Å². The van der Waals surface area contributed by atoms with Crippen molar-refractivity contribution in [2.45, 2.75) is 58.8 Å². The smallest absolute Gasteiger partial charge is 0.331 e. The Kier molecular flexibility index (Phi) is 4.69. The maximum absolute atomic E-state index is 11.6. The number of hydrogen-bond donors (Lipinski definition) is 2. The first-order valence-corrected chi connectivity index (χ1v) is 11.6. The Balaban J connectivity index is 1.36. The van der Waals surface area contributed by atoms with Gasteiger partial charge in [-0.1, -0.05) is 31.6 Å². The van der Waals surface area contributed by atoms with E-state index in [1.54, 1.807) is 11.6 Å². The molecular weight excluding hydrogens is 394 g/mol. The van der Waals surface area contributed by atoms with Crippen LogP contribution in [0.25, 0.3) is 0 Å². The van der Waals surface area contributed by atoms with Gasteiger partial charge in [0.15, 0.2) is 5.11 Å². The lowest BCUT2D eigenvalue weighted by atomic mass is 9.46. The van der Waals surface area contributed by atoms with Crippen molar-refractivity contribution in [2.24, 2.45) is 39.4 Å². The Labute approximate surface area is 183 Å².